The molecule has 1 heterocycles. The maximum Gasteiger partial charge on any atom is 0.423 e. The van der Waals surface area contributed by atoms with Crippen molar-refractivity contribution in [3.05, 3.63) is 27.4 Å². The largest absolute Gasteiger partial charge is 0.495 e. The molecule has 1 rings (SSSR count). The van der Waals surface area contributed by atoms with Crippen LogP contribution in [0.25, 0.3) is 0 Å². The zero-order chi connectivity index (χ0) is 14.1. The monoisotopic (exact) mass is 272 g/mol. The van der Waals surface area contributed by atoms with E-state index in [4.69, 9.17) is 0 Å². The molecule has 0 aliphatic carbocycles. The number of nitro groups is 1. The zero-order valence-corrected chi connectivity index (χ0v) is 8.66. The number of pyridine rings is 1. The van der Waals surface area contributed by atoms with Crippen LogP contribution in [0, 0.1) is 10.1 Å². The molecule has 100 valence electrons. The predicted molar refractivity (Wildman–Crippen MR) is 47.4 cm³/mol. The second kappa shape index (κ2) is 4.70. The zero-order valence-electron chi connectivity index (χ0n) is 8.66. The Labute approximate surface area is 96.3 Å². The van der Waals surface area contributed by atoms with E-state index in [-0.39, 0.29) is 6.20 Å². The van der Waals surface area contributed by atoms with Crippen LogP contribution >= 0.6 is 0 Å². The van der Waals surface area contributed by atoms with Crippen molar-refractivity contribution >= 4 is 5.82 Å². The smallest absolute Gasteiger partial charge is 0.423 e. The van der Waals surface area contributed by atoms with E-state index in [0.717, 1.165) is 0 Å². The number of nitrogens with zero attached hydrogens (tertiary/aromatic N) is 2. The Hall–Kier alpha value is -2.00. The fourth-order valence-corrected chi connectivity index (χ4v) is 1.26. The van der Waals surface area contributed by atoms with Gasteiger partial charge in [0.15, 0.2) is 17.5 Å². The van der Waals surface area contributed by atoms with Crippen molar-refractivity contribution in [1.82, 2.24) is 4.98 Å². The molecule has 1 aromatic rings. The molecular weight excluding hydrogens is 267 g/mol. The summed E-state index contributed by atoms with van der Waals surface area (Å²) in [6.45, 7) is 0. The lowest BCUT2D eigenvalue weighted by Gasteiger charge is -2.13. The van der Waals surface area contributed by atoms with Gasteiger partial charge in [0.1, 0.15) is 5.56 Å². The number of alkyl halides is 5. The van der Waals surface area contributed by atoms with Crippen molar-refractivity contribution < 1.29 is 31.6 Å². The molecule has 0 amide bonds. The summed E-state index contributed by atoms with van der Waals surface area (Å²) >= 11 is 0. The number of hydrogen-bond donors (Lipinski definition) is 0. The quantitative estimate of drug-likeness (QED) is 0.482. The molecule has 10 heteroatoms. The molecule has 0 fully saturated rings. The molecule has 0 aromatic carbocycles. The summed E-state index contributed by atoms with van der Waals surface area (Å²) in [4.78, 5) is 11.9. The lowest BCUT2D eigenvalue weighted by Crippen LogP contribution is -2.12. The van der Waals surface area contributed by atoms with Gasteiger partial charge in [-0.05, 0) is 9.91 Å². The van der Waals surface area contributed by atoms with Crippen LogP contribution in [0.1, 0.15) is 17.6 Å². The van der Waals surface area contributed by atoms with Gasteiger partial charge in [-0.15, -0.1) is 0 Å². The summed E-state index contributed by atoms with van der Waals surface area (Å²) < 4.78 is 66.9. The Balaban J connectivity index is 3.64. The van der Waals surface area contributed by atoms with Gasteiger partial charge in [-0.1, -0.05) is 0 Å². The molecule has 0 bridgehead atoms. The van der Waals surface area contributed by atoms with Crippen molar-refractivity contribution in [3.63, 3.8) is 0 Å². The Kier molecular flexibility index (Phi) is 3.67. The highest BCUT2D eigenvalue weighted by Gasteiger charge is 2.41. The lowest BCUT2D eigenvalue weighted by atomic mass is 10.1. The molecular formula is C8H5F5N2O3. The van der Waals surface area contributed by atoms with E-state index in [2.05, 4.69) is 9.72 Å². The molecule has 0 unspecified atom stereocenters. The van der Waals surface area contributed by atoms with Crippen LogP contribution in [0.4, 0.5) is 27.8 Å². The third kappa shape index (κ3) is 2.46. The lowest BCUT2D eigenvalue weighted by molar-refractivity contribution is -0.391. The van der Waals surface area contributed by atoms with Crippen LogP contribution in [0.3, 0.4) is 0 Å². The predicted octanol–water partition coefficient (Wildman–Crippen LogP) is 2.95. The normalized spacial score (nSPS) is 11.7. The fourth-order valence-electron chi connectivity index (χ4n) is 1.26. The number of methoxy groups -OCH3 is 1. The summed E-state index contributed by atoms with van der Waals surface area (Å²) in [6.07, 6.45) is -8.44. The third-order valence-electron chi connectivity index (χ3n) is 1.95. The maximum absolute atomic E-state index is 12.6. The summed E-state index contributed by atoms with van der Waals surface area (Å²) in [5.41, 5.74) is -3.08. The molecule has 0 spiro atoms. The second-order valence-electron chi connectivity index (χ2n) is 3.00. The average Bonchev–Trinajstić information content (AvgIpc) is 2.25. The topological polar surface area (TPSA) is 65.3 Å². The van der Waals surface area contributed by atoms with Crippen LogP contribution in [0.5, 0.6) is 5.75 Å². The van der Waals surface area contributed by atoms with E-state index in [1.54, 1.807) is 0 Å². The Bertz CT molecular complexity index is 475. The first-order valence-corrected chi connectivity index (χ1v) is 4.26. The first-order valence-electron chi connectivity index (χ1n) is 4.26. The van der Waals surface area contributed by atoms with Crippen LogP contribution in [-0.2, 0) is 6.18 Å². The van der Waals surface area contributed by atoms with Gasteiger partial charge in [-0.3, -0.25) is 0 Å². The van der Waals surface area contributed by atoms with Crippen LogP contribution < -0.4 is 4.74 Å². The molecule has 18 heavy (non-hydrogen) atoms. The second-order valence-corrected chi connectivity index (χ2v) is 3.00. The number of aromatic nitrogens is 1. The van der Waals surface area contributed by atoms with E-state index in [9.17, 15) is 32.1 Å². The first-order chi connectivity index (χ1) is 8.20. The van der Waals surface area contributed by atoms with Gasteiger partial charge < -0.3 is 14.9 Å². The van der Waals surface area contributed by atoms with Gasteiger partial charge >= 0.3 is 12.0 Å². The van der Waals surface area contributed by atoms with Gasteiger partial charge in [0.2, 0.25) is 0 Å². The number of ether oxygens (including phenoxy) is 1. The van der Waals surface area contributed by atoms with Crippen molar-refractivity contribution in [2.45, 2.75) is 12.6 Å². The Morgan fingerprint density at radius 3 is 2.33 bits per heavy atom. The van der Waals surface area contributed by atoms with E-state index in [0.29, 0.717) is 7.11 Å². The molecule has 0 saturated carbocycles. The molecule has 1 aromatic heterocycles. The number of rotatable bonds is 3. The Morgan fingerprint density at radius 2 is 2.00 bits per heavy atom. The molecule has 0 N–H and O–H groups in total. The minimum absolute atomic E-state index is 0.0862. The summed E-state index contributed by atoms with van der Waals surface area (Å²) in [5.74, 6) is -2.66. The van der Waals surface area contributed by atoms with Crippen molar-refractivity contribution in [2.75, 3.05) is 7.11 Å². The maximum atomic E-state index is 12.6. The van der Waals surface area contributed by atoms with E-state index >= 15 is 0 Å². The van der Waals surface area contributed by atoms with E-state index in [1.165, 1.54) is 0 Å². The fraction of sp³-hybridized carbons (Fsp3) is 0.375. The highest BCUT2D eigenvalue weighted by molar-refractivity contribution is 5.50. The molecule has 0 radical (unpaired) electrons. The molecule has 0 saturated heterocycles. The summed E-state index contributed by atoms with van der Waals surface area (Å²) in [7, 11) is 0.709. The van der Waals surface area contributed by atoms with Gasteiger partial charge in [0, 0.05) is 0 Å². The van der Waals surface area contributed by atoms with Gasteiger partial charge in [0.25, 0.3) is 6.43 Å². The number of halogens is 5. The SMILES string of the molecule is COc1c(C(F)(F)F)cnc([N+](=O)[O-])c1C(F)F. The number of hydrogen-bond acceptors (Lipinski definition) is 4. The van der Waals surface area contributed by atoms with Crippen LogP contribution in [0.2, 0.25) is 0 Å². The summed E-state index contributed by atoms with van der Waals surface area (Å²) in [5, 5.41) is 10.4. The minimum atomic E-state index is -5.00. The minimum Gasteiger partial charge on any atom is -0.495 e. The highest BCUT2D eigenvalue weighted by atomic mass is 19.4. The van der Waals surface area contributed by atoms with Crippen LogP contribution in [-0.4, -0.2) is 17.0 Å². The molecule has 0 atom stereocenters. The molecule has 0 aliphatic heterocycles. The molecule has 0 aliphatic rings. The van der Waals surface area contributed by atoms with E-state index < -0.39 is 40.2 Å². The van der Waals surface area contributed by atoms with Crippen molar-refractivity contribution in [3.8, 4) is 5.75 Å². The molecule has 5 nitrogen and oxygen atoms in total. The Morgan fingerprint density at radius 1 is 1.44 bits per heavy atom. The van der Waals surface area contributed by atoms with Crippen LogP contribution in [0.15, 0.2) is 6.20 Å². The third-order valence-corrected chi connectivity index (χ3v) is 1.95. The standard InChI is InChI=1S/C8H5F5N2O3/c1-18-5-3(8(11,12)13)2-14-7(15(16)17)4(5)6(9)10/h2,6H,1H3. The first kappa shape index (κ1) is 14.1. The van der Waals surface area contributed by atoms with Gasteiger partial charge in [-0.2, -0.15) is 13.2 Å². The highest BCUT2D eigenvalue weighted by Crippen LogP contribution is 2.43. The average molecular weight is 272 g/mol. The van der Waals surface area contributed by atoms with Gasteiger partial charge in [-0.25, -0.2) is 8.78 Å². The van der Waals surface area contributed by atoms with Crippen molar-refractivity contribution in [1.29, 1.82) is 0 Å². The summed E-state index contributed by atoms with van der Waals surface area (Å²) in [6, 6.07) is 0. The van der Waals surface area contributed by atoms with Gasteiger partial charge in [0.05, 0.1) is 7.11 Å². The van der Waals surface area contributed by atoms with E-state index in [1.807, 2.05) is 0 Å². The van der Waals surface area contributed by atoms with Crippen molar-refractivity contribution in [2.24, 2.45) is 0 Å².